The van der Waals surface area contributed by atoms with Crippen LogP contribution in [0, 0.1) is 23.1 Å². The van der Waals surface area contributed by atoms with E-state index in [0.29, 0.717) is 28.1 Å². The van der Waals surface area contributed by atoms with Gasteiger partial charge in [-0.3, -0.25) is 9.59 Å². The van der Waals surface area contributed by atoms with Gasteiger partial charge in [-0.05, 0) is 53.7 Å². The second-order valence-corrected chi connectivity index (χ2v) is 8.34. The first-order valence-electron chi connectivity index (χ1n) is 9.71. The highest BCUT2D eigenvalue weighted by molar-refractivity contribution is 7.03. The Balaban J connectivity index is 1.80. The number of benzene rings is 2. The molecule has 2 atom stereocenters. The molecule has 1 heterocycles. The van der Waals surface area contributed by atoms with Crippen molar-refractivity contribution in [2.75, 3.05) is 0 Å². The molecule has 164 valence electrons. The molecule has 2 aromatic carbocycles. The molecule has 0 bridgehead atoms. The van der Waals surface area contributed by atoms with Crippen LogP contribution in [0.1, 0.15) is 28.8 Å². The number of aliphatic carboxylic acids is 1. The number of nitrogens with one attached hydrogen (secondary N) is 1. The molecule has 6 nitrogen and oxygen atoms in total. The van der Waals surface area contributed by atoms with Crippen LogP contribution in [0.5, 0.6) is 0 Å². The van der Waals surface area contributed by atoms with Crippen LogP contribution in [-0.4, -0.2) is 27.4 Å². The van der Waals surface area contributed by atoms with Crippen molar-refractivity contribution in [3.63, 3.8) is 0 Å². The number of carboxylic acid groups (broad SMARTS) is 1. The van der Waals surface area contributed by atoms with Gasteiger partial charge in [0.15, 0.2) is 0 Å². The van der Waals surface area contributed by atoms with E-state index in [9.17, 15) is 19.1 Å². The third-order valence-electron chi connectivity index (χ3n) is 4.96. The van der Waals surface area contributed by atoms with E-state index in [1.807, 2.05) is 6.07 Å². The van der Waals surface area contributed by atoms with Crippen LogP contribution in [0.3, 0.4) is 0 Å². The molecule has 0 aliphatic heterocycles. The lowest BCUT2D eigenvalue weighted by molar-refractivity contribution is -0.142. The van der Waals surface area contributed by atoms with Crippen molar-refractivity contribution in [2.24, 2.45) is 5.92 Å². The summed E-state index contributed by atoms with van der Waals surface area (Å²) in [5, 5.41) is 23.3. The van der Waals surface area contributed by atoms with Crippen LogP contribution in [-0.2, 0) is 11.2 Å². The van der Waals surface area contributed by atoms with Crippen molar-refractivity contribution in [3.8, 4) is 17.2 Å². The fourth-order valence-electron chi connectivity index (χ4n) is 3.33. The van der Waals surface area contributed by atoms with E-state index in [0.717, 1.165) is 17.1 Å². The summed E-state index contributed by atoms with van der Waals surface area (Å²) in [6, 6.07) is 12.8. The van der Waals surface area contributed by atoms with Gasteiger partial charge in [0.25, 0.3) is 5.91 Å². The molecule has 1 amide bonds. The minimum atomic E-state index is -1.09. The zero-order chi connectivity index (χ0) is 23.1. The highest BCUT2D eigenvalue weighted by atomic mass is 35.5. The molecule has 0 fully saturated rings. The van der Waals surface area contributed by atoms with Gasteiger partial charge in [-0.1, -0.05) is 35.9 Å². The number of nitrogens with zero attached hydrogens (tertiary/aromatic N) is 2. The maximum Gasteiger partial charge on any atom is 0.307 e. The molecule has 2 unspecified atom stereocenters. The molecule has 3 rings (SSSR count). The Kier molecular flexibility index (Phi) is 7.92. The lowest BCUT2D eigenvalue weighted by atomic mass is 9.92. The Hall–Kier alpha value is -3.28. The number of carbonyl (C=O) groups excluding carboxylic acids is 1. The summed E-state index contributed by atoms with van der Waals surface area (Å²) >= 11 is 7.12. The maximum atomic E-state index is 14.1. The molecule has 0 aliphatic rings. The minimum Gasteiger partial charge on any atom is -0.481 e. The summed E-state index contributed by atoms with van der Waals surface area (Å²) in [5.41, 5.74) is 2.23. The fraction of sp³-hybridized carbons (Fsp3) is 0.217. The number of nitriles is 1. The van der Waals surface area contributed by atoms with Crippen LogP contribution >= 0.6 is 23.1 Å². The first-order chi connectivity index (χ1) is 15.4. The van der Waals surface area contributed by atoms with Gasteiger partial charge in [-0.15, -0.1) is 0 Å². The molecule has 9 heteroatoms. The molecule has 32 heavy (non-hydrogen) atoms. The van der Waals surface area contributed by atoms with Crippen molar-refractivity contribution in [1.82, 2.24) is 9.69 Å². The SMILES string of the molecule is N#CCC(CC(Cc1ccc(-c2cc(Cl)ccc2F)cc1)NC(=O)c1cnsc1)C(=O)O. The summed E-state index contributed by atoms with van der Waals surface area (Å²) < 4.78 is 18.1. The fourth-order valence-corrected chi connectivity index (χ4v) is 4.02. The zero-order valence-electron chi connectivity index (χ0n) is 16.8. The standard InChI is InChI=1S/C23H19ClFN3O3S/c24-18-5-6-21(25)20(11-18)15-3-1-14(2-4-15)9-19(10-16(7-8-26)23(30)31)28-22(29)17-12-27-32-13-17/h1-6,11-13,16,19H,7,9-10H2,(H,28,29)(H,30,31). The van der Waals surface area contributed by atoms with Crippen LogP contribution in [0.25, 0.3) is 11.1 Å². The number of hydrogen-bond acceptors (Lipinski definition) is 5. The topological polar surface area (TPSA) is 103 Å². The van der Waals surface area contributed by atoms with E-state index in [1.165, 1.54) is 18.3 Å². The van der Waals surface area contributed by atoms with E-state index in [-0.39, 0.29) is 18.7 Å². The van der Waals surface area contributed by atoms with Gasteiger partial charge in [0, 0.05) is 28.4 Å². The Labute approximate surface area is 193 Å². The van der Waals surface area contributed by atoms with Crippen LogP contribution in [0.4, 0.5) is 4.39 Å². The number of halogens is 2. The Morgan fingerprint density at radius 3 is 2.62 bits per heavy atom. The molecule has 0 aliphatic carbocycles. The van der Waals surface area contributed by atoms with Gasteiger partial charge >= 0.3 is 5.97 Å². The second kappa shape index (κ2) is 10.8. The van der Waals surface area contributed by atoms with Crippen molar-refractivity contribution in [2.45, 2.75) is 25.3 Å². The summed E-state index contributed by atoms with van der Waals surface area (Å²) in [7, 11) is 0. The van der Waals surface area contributed by atoms with Crippen molar-refractivity contribution >= 4 is 35.0 Å². The molecule has 0 saturated carbocycles. The summed E-state index contributed by atoms with van der Waals surface area (Å²) in [4.78, 5) is 24.0. The molecular weight excluding hydrogens is 453 g/mol. The van der Waals surface area contributed by atoms with Gasteiger partial charge < -0.3 is 10.4 Å². The lowest BCUT2D eigenvalue weighted by Crippen LogP contribution is -2.39. The first-order valence-corrected chi connectivity index (χ1v) is 10.9. The highest BCUT2D eigenvalue weighted by Gasteiger charge is 2.24. The quantitative estimate of drug-likeness (QED) is 0.459. The summed E-state index contributed by atoms with van der Waals surface area (Å²) in [6.07, 6.45) is 1.72. The van der Waals surface area contributed by atoms with Crippen LogP contribution < -0.4 is 5.32 Å². The smallest absolute Gasteiger partial charge is 0.307 e. The average molecular weight is 472 g/mol. The van der Waals surface area contributed by atoms with Crippen LogP contribution in [0.15, 0.2) is 54.0 Å². The molecule has 2 N–H and O–H groups in total. The second-order valence-electron chi connectivity index (χ2n) is 7.24. The number of rotatable bonds is 9. The third kappa shape index (κ3) is 6.13. The molecule has 0 radical (unpaired) electrons. The zero-order valence-corrected chi connectivity index (χ0v) is 18.4. The summed E-state index contributed by atoms with van der Waals surface area (Å²) in [6.45, 7) is 0. The van der Waals surface area contributed by atoms with E-state index in [4.69, 9.17) is 16.9 Å². The van der Waals surface area contributed by atoms with Gasteiger partial charge in [-0.25, -0.2) is 8.76 Å². The third-order valence-corrected chi connectivity index (χ3v) is 5.78. The predicted octanol–water partition coefficient (Wildman–Crippen LogP) is 4.95. The number of hydrogen-bond donors (Lipinski definition) is 2. The van der Waals surface area contributed by atoms with Crippen LogP contribution in [0.2, 0.25) is 5.02 Å². The largest absolute Gasteiger partial charge is 0.481 e. The number of aromatic nitrogens is 1. The summed E-state index contributed by atoms with van der Waals surface area (Å²) in [5.74, 6) is -2.75. The van der Waals surface area contributed by atoms with Gasteiger partial charge in [0.05, 0.1) is 23.7 Å². The normalized spacial score (nSPS) is 12.5. The van der Waals surface area contributed by atoms with Gasteiger partial charge in [0.1, 0.15) is 5.82 Å². The molecular formula is C23H19ClFN3O3S. The molecule has 0 spiro atoms. The van der Waals surface area contributed by atoms with E-state index < -0.39 is 23.7 Å². The van der Waals surface area contributed by atoms with Gasteiger partial charge in [-0.2, -0.15) is 5.26 Å². The first kappa shape index (κ1) is 23.4. The lowest BCUT2D eigenvalue weighted by Gasteiger charge is -2.21. The predicted molar refractivity (Wildman–Crippen MR) is 120 cm³/mol. The number of carbonyl (C=O) groups is 2. The number of carboxylic acids is 1. The Bertz CT molecular complexity index is 1130. The van der Waals surface area contributed by atoms with E-state index >= 15 is 0 Å². The number of amides is 1. The Morgan fingerprint density at radius 1 is 1.25 bits per heavy atom. The van der Waals surface area contributed by atoms with Crippen molar-refractivity contribution in [1.29, 1.82) is 5.26 Å². The highest BCUT2D eigenvalue weighted by Crippen LogP contribution is 2.27. The van der Waals surface area contributed by atoms with E-state index in [1.54, 1.807) is 35.7 Å². The molecule has 3 aromatic rings. The minimum absolute atomic E-state index is 0.0941. The molecule has 0 saturated heterocycles. The van der Waals surface area contributed by atoms with Crippen molar-refractivity contribution < 1.29 is 19.1 Å². The monoisotopic (exact) mass is 471 g/mol. The van der Waals surface area contributed by atoms with Crippen molar-refractivity contribution in [3.05, 3.63) is 76.0 Å². The molecule has 1 aromatic heterocycles. The average Bonchev–Trinajstić information content (AvgIpc) is 3.31. The van der Waals surface area contributed by atoms with Gasteiger partial charge in [0.2, 0.25) is 0 Å². The Morgan fingerprint density at radius 2 is 2.00 bits per heavy atom. The van der Waals surface area contributed by atoms with E-state index in [2.05, 4.69) is 9.69 Å². The maximum absolute atomic E-state index is 14.1.